The van der Waals surface area contributed by atoms with Gasteiger partial charge in [0.25, 0.3) is 0 Å². The Morgan fingerprint density at radius 3 is 2.24 bits per heavy atom. The molecule has 0 aliphatic heterocycles. The first-order valence-corrected chi connectivity index (χ1v) is 9.01. The minimum atomic E-state index is -1.56. The summed E-state index contributed by atoms with van der Waals surface area (Å²) >= 11 is 0. The first-order chi connectivity index (χ1) is 7.78. The van der Waals surface area contributed by atoms with Gasteiger partial charge in [0, 0.05) is 0 Å². The summed E-state index contributed by atoms with van der Waals surface area (Å²) in [5, 5.41) is 0. The molecule has 0 saturated carbocycles. The molecule has 0 aromatic heterocycles. The Morgan fingerprint density at radius 1 is 1.29 bits per heavy atom. The van der Waals surface area contributed by atoms with Crippen LogP contribution < -0.4 is 15.9 Å². The number of hydrogen-bond donors (Lipinski definition) is 2. The van der Waals surface area contributed by atoms with Crippen LogP contribution in [0.3, 0.4) is 0 Å². The Kier molecular flexibility index (Phi) is 4.31. The van der Waals surface area contributed by atoms with E-state index in [1.165, 1.54) is 0 Å². The zero-order valence-corrected chi connectivity index (χ0v) is 11.6. The van der Waals surface area contributed by atoms with Crippen molar-refractivity contribution in [2.75, 3.05) is 0 Å². The Morgan fingerprint density at radius 2 is 1.82 bits per heavy atom. The van der Waals surface area contributed by atoms with Gasteiger partial charge in [0.1, 0.15) is 5.75 Å². The van der Waals surface area contributed by atoms with E-state index in [1.807, 2.05) is 24.3 Å². The highest BCUT2D eigenvalue weighted by atomic mass is 28.4. The number of carbonyl (C=O) groups excluding carboxylic acids is 1. The van der Waals surface area contributed by atoms with E-state index in [0.29, 0.717) is 6.42 Å². The molecule has 0 unspecified atom stereocenters. The Hall–Kier alpha value is -1.33. The van der Waals surface area contributed by atoms with Crippen molar-refractivity contribution in [1.29, 1.82) is 0 Å². The summed E-state index contributed by atoms with van der Waals surface area (Å²) in [6.07, 6.45) is 0.461. The van der Waals surface area contributed by atoms with E-state index in [1.54, 1.807) is 0 Å². The molecule has 0 radical (unpaired) electrons. The topological polar surface area (TPSA) is 78.3 Å². The minimum absolute atomic E-state index is 0.461. The number of rotatable bonds is 5. The van der Waals surface area contributed by atoms with Crippen LogP contribution in [-0.2, 0) is 11.2 Å². The van der Waals surface area contributed by atoms with Crippen molar-refractivity contribution in [2.45, 2.75) is 32.1 Å². The van der Waals surface area contributed by atoms with Gasteiger partial charge in [0.15, 0.2) is 0 Å². The van der Waals surface area contributed by atoms with Crippen LogP contribution in [0.2, 0.25) is 19.6 Å². The molecule has 4 nitrogen and oxygen atoms in total. The second-order valence-electron chi connectivity index (χ2n) is 5.07. The van der Waals surface area contributed by atoms with Crippen LogP contribution >= 0.6 is 0 Å². The van der Waals surface area contributed by atoms with Crippen molar-refractivity contribution >= 4 is 14.2 Å². The van der Waals surface area contributed by atoms with Crippen molar-refractivity contribution in [1.82, 2.24) is 0 Å². The normalized spacial score (nSPS) is 13.2. The zero-order valence-electron chi connectivity index (χ0n) is 10.6. The lowest BCUT2D eigenvalue weighted by atomic mass is 10.1. The van der Waals surface area contributed by atoms with Crippen molar-refractivity contribution in [2.24, 2.45) is 11.5 Å². The van der Waals surface area contributed by atoms with Crippen molar-refractivity contribution < 1.29 is 9.22 Å². The van der Waals surface area contributed by atoms with E-state index in [4.69, 9.17) is 15.9 Å². The van der Waals surface area contributed by atoms with Crippen LogP contribution in [-0.4, -0.2) is 20.3 Å². The molecule has 0 aliphatic rings. The molecule has 94 valence electrons. The SMILES string of the molecule is C[Si](C)(C)Oc1ccc(C[C@H](N)C(N)=O)cc1. The maximum absolute atomic E-state index is 10.8. The van der Waals surface area contributed by atoms with Crippen LogP contribution in [0.1, 0.15) is 5.56 Å². The molecular formula is C12H20N2O2Si. The number of primary amides is 1. The van der Waals surface area contributed by atoms with Gasteiger partial charge in [-0.1, -0.05) is 12.1 Å². The average molecular weight is 252 g/mol. The summed E-state index contributed by atoms with van der Waals surface area (Å²) < 4.78 is 5.83. The zero-order chi connectivity index (χ0) is 13.1. The molecule has 0 fully saturated rings. The Balaban J connectivity index is 2.65. The fourth-order valence-corrected chi connectivity index (χ4v) is 2.24. The summed E-state index contributed by atoms with van der Waals surface area (Å²) in [6, 6.07) is 7.01. The fraction of sp³-hybridized carbons (Fsp3) is 0.417. The van der Waals surface area contributed by atoms with Crippen LogP contribution in [0.15, 0.2) is 24.3 Å². The van der Waals surface area contributed by atoms with Crippen molar-refractivity contribution in [3.05, 3.63) is 29.8 Å². The summed E-state index contributed by atoms with van der Waals surface area (Å²) in [5.41, 5.74) is 11.7. The minimum Gasteiger partial charge on any atom is -0.544 e. The molecule has 1 amide bonds. The van der Waals surface area contributed by atoms with E-state index in [2.05, 4.69) is 19.6 Å². The lowest BCUT2D eigenvalue weighted by molar-refractivity contribution is -0.119. The predicted molar refractivity (Wildman–Crippen MR) is 71.3 cm³/mol. The molecule has 0 spiro atoms. The van der Waals surface area contributed by atoms with E-state index in [9.17, 15) is 4.79 Å². The molecule has 1 aromatic rings. The molecule has 1 atom stereocenters. The van der Waals surface area contributed by atoms with Gasteiger partial charge in [-0.05, 0) is 43.8 Å². The standard InChI is InChI=1S/C12H20N2O2Si/c1-17(2,3)16-10-6-4-9(5-7-10)8-11(13)12(14)15/h4-7,11H,8,13H2,1-3H3,(H2,14,15)/t11-/m0/s1. The second-order valence-corrected chi connectivity index (χ2v) is 9.50. The third kappa shape index (κ3) is 5.01. The lowest BCUT2D eigenvalue weighted by Crippen LogP contribution is -2.38. The van der Waals surface area contributed by atoms with Gasteiger partial charge in [0.05, 0.1) is 6.04 Å². The molecule has 4 N–H and O–H groups in total. The molecular weight excluding hydrogens is 232 g/mol. The second kappa shape index (κ2) is 5.33. The van der Waals surface area contributed by atoms with Crippen molar-refractivity contribution in [3.63, 3.8) is 0 Å². The lowest BCUT2D eigenvalue weighted by Gasteiger charge is -2.19. The van der Waals surface area contributed by atoms with Crippen LogP contribution in [0.4, 0.5) is 0 Å². The Labute approximate surface area is 103 Å². The number of amides is 1. The molecule has 1 aromatic carbocycles. The van der Waals surface area contributed by atoms with Gasteiger partial charge in [0.2, 0.25) is 14.2 Å². The number of hydrogen-bond acceptors (Lipinski definition) is 3. The highest BCUT2D eigenvalue weighted by Crippen LogP contribution is 2.17. The third-order valence-electron chi connectivity index (χ3n) is 2.17. The molecule has 0 heterocycles. The van der Waals surface area contributed by atoms with E-state index >= 15 is 0 Å². The summed E-state index contributed by atoms with van der Waals surface area (Å²) in [5.74, 6) is 0.382. The summed E-state index contributed by atoms with van der Waals surface area (Å²) in [6.45, 7) is 6.39. The molecule has 0 saturated heterocycles. The van der Waals surface area contributed by atoms with Gasteiger partial charge in [-0.25, -0.2) is 0 Å². The van der Waals surface area contributed by atoms with Gasteiger partial charge in [-0.15, -0.1) is 0 Å². The highest BCUT2D eigenvalue weighted by molar-refractivity contribution is 6.70. The van der Waals surface area contributed by atoms with Gasteiger partial charge in [-0.3, -0.25) is 4.79 Å². The largest absolute Gasteiger partial charge is 0.544 e. The molecule has 0 bridgehead atoms. The maximum Gasteiger partial charge on any atom is 0.242 e. The van der Waals surface area contributed by atoms with Gasteiger partial charge < -0.3 is 15.9 Å². The number of benzene rings is 1. The monoisotopic (exact) mass is 252 g/mol. The smallest absolute Gasteiger partial charge is 0.242 e. The third-order valence-corrected chi connectivity index (χ3v) is 3.02. The maximum atomic E-state index is 10.8. The van der Waals surface area contributed by atoms with Gasteiger partial charge >= 0.3 is 0 Å². The van der Waals surface area contributed by atoms with Crippen LogP contribution in [0.25, 0.3) is 0 Å². The van der Waals surface area contributed by atoms with Gasteiger partial charge in [-0.2, -0.15) is 0 Å². The van der Waals surface area contributed by atoms with E-state index in [-0.39, 0.29) is 0 Å². The average Bonchev–Trinajstić information content (AvgIpc) is 2.18. The fourth-order valence-electron chi connectivity index (χ4n) is 1.40. The van der Waals surface area contributed by atoms with E-state index in [0.717, 1.165) is 11.3 Å². The summed E-state index contributed by atoms with van der Waals surface area (Å²) in [7, 11) is -1.56. The van der Waals surface area contributed by atoms with Crippen LogP contribution in [0, 0.1) is 0 Å². The highest BCUT2D eigenvalue weighted by Gasteiger charge is 2.16. The molecule has 0 aliphatic carbocycles. The Bertz CT molecular complexity index is 384. The van der Waals surface area contributed by atoms with Crippen molar-refractivity contribution in [3.8, 4) is 5.75 Å². The summed E-state index contributed by atoms with van der Waals surface area (Å²) in [4.78, 5) is 10.8. The number of nitrogens with two attached hydrogens (primary N) is 2. The number of carbonyl (C=O) groups is 1. The molecule has 5 heteroatoms. The first kappa shape index (κ1) is 13.7. The quantitative estimate of drug-likeness (QED) is 0.774. The predicted octanol–water partition coefficient (Wildman–Crippen LogP) is 1.26. The molecule has 1 rings (SSSR count). The molecule has 17 heavy (non-hydrogen) atoms. The van der Waals surface area contributed by atoms with Crippen LogP contribution in [0.5, 0.6) is 5.75 Å². The van der Waals surface area contributed by atoms with E-state index < -0.39 is 20.3 Å². The first-order valence-electron chi connectivity index (χ1n) is 5.61.